The van der Waals surface area contributed by atoms with Crippen molar-refractivity contribution < 1.29 is 0 Å². The van der Waals surface area contributed by atoms with Crippen molar-refractivity contribution in [3.63, 3.8) is 0 Å². The molecule has 0 saturated carbocycles. The molecule has 7 nitrogen and oxygen atoms in total. The van der Waals surface area contributed by atoms with Crippen LogP contribution in [0.5, 0.6) is 0 Å². The van der Waals surface area contributed by atoms with Crippen LogP contribution in [0.4, 0.5) is 17.2 Å². The van der Waals surface area contributed by atoms with Gasteiger partial charge in [0.2, 0.25) is 0 Å². The number of benzene rings is 3. The van der Waals surface area contributed by atoms with Gasteiger partial charge in [0.15, 0.2) is 5.82 Å². The molecule has 0 amide bonds. The molecule has 35 heavy (non-hydrogen) atoms. The summed E-state index contributed by atoms with van der Waals surface area (Å²) in [6.07, 6.45) is 10.3. The summed E-state index contributed by atoms with van der Waals surface area (Å²) in [7, 11) is 0. The van der Waals surface area contributed by atoms with E-state index in [-0.39, 0.29) is 0 Å². The van der Waals surface area contributed by atoms with Crippen LogP contribution in [0, 0.1) is 0 Å². The van der Waals surface area contributed by atoms with Gasteiger partial charge in [0, 0.05) is 24.8 Å². The van der Waals surface area contributed by atoms with Crippen molar-refractivity contribution in [2.75, 3.05) is 4.90 Å². The molecule has 6 aromatic rings. The number of rotatable bonds is 5. The predicted octanol–water partition coefficient (Wildman–Crippen LogP) is 6.11. The van der Waals surface area contributed by atoms with Crippen LogP contribution in [0.3, 0.4) is 0 Å². The molecule has 3 heterocycles. The first kappa shape index (κ1) is 21.0. The zero-order valence-electron chi connectivity index (χ0n) is 19.6. The lowest BCUT2D eigenvalue weighted by molar-refractivity contribution is 1.07. The van der Waals surface area contributed by atoms with E-state index in [0.29, 0.717) is 33.1 Å². The number of hydrogen-bond donors (Lipinski definition) is 0. The second-order valence-corrected chi connectivity index (χ2v) is 8.23. The van der Waals surface area contributed by atoms with E-state index in [1.54, 1.807) is 24.8 Å². The molecule has 0 N–H and O–H groups in total. The first-order valence-electron chi connectivity index (χ1n) is 11.8. The van der Waals surface area contributed by atoms with Gasteiger partial charge >= 0.3 is 0 Å². The van der Waals surface area contributed by atoms with Crippen LogP contribution in [-0.2, 0) is 12.8 Å². The number of hydrogen-bond acceptors (Lipinski definition) is 7. The maximum atomic E-state index is 5.15. The number of fused-ring (bicyclic) bond motifs is 6. The molecule has 0 aliphatic heterocycles. The van der Waals surface area contributed by atoms with E-state index >= 15 is 0 Å². The Kier molecular flexibility index (Phi) is 5.22. The zero-order valence-corrected chi connectivity index (χ0v) is 19.6. The zero-order chi connectivity index (χ0) is 23.8. The fourth-order valence-electron chi connectivity index (χ4n) is 4.63. The van der Waals surface area contributed by atoms with Gasteiger partial charge in [0.25, 0.3) is 0 Å². The smallest absolute Gasteiger partial charge is 0.156 e. The molecule has 0 saturated heterocycles. The summed E-state index contributed by atoms with van der Waals surface area (Å²) >= 11 is 0. The topological polar surface area (TPSA) is 80.6 Å². The molecule has 6 rings (SSSR count). The third-order valence-electron chi connectivity index (χ3n) is 6.29. The molecule has 3 aromatic carbocycles. The monoisotopic (exact) mass is 457 g/mol. The molecular weight excluding hydrogens is 434 g/mol. The van der Waals surface area contributed by atoms with Crippen LogP contribution in [0.2, 0.25) is 0 Å². The lowest BCUT2D eigenvalue weighted by Crippen LogP contribution is -2.15. The average molecular weight is 458 g/mol. The highest BCUT2D eigenvalue weighted by Crippen LogP contribution is 2.39. The fourth-order valence-corrected chi connectivity index (χ4v) is 4.63. The van der Waals surface area contributed by atoms with E-state index in [2.05, 4.69) is 87.2 Å². The Morgan fingerprint density at radius 2 is 0.971 bits per heavy atom. The van der Waals surface area contributed by atoms with Gasteiger partial charge in [0.05, 0.1) is 17.6 Å². The summed E-state index contributed by atoms with van der Waals surface area (Å²) < 4.78 is 0. The van der Waals surface area contributed by atoms with E-state index < -0.39 is 0 Å². The van der Waals surface area contributed by atoms with E-state index in [9.17, 15) is 0 Å². The van der Waals surface area contributed by atoms with Crippen molar-refractivity contribution in [1.82, 2.24) is 29.9 Å². The third-order valence-corrected chi connectivity index (χ3v) is 6.29. The van der Waals surface area contributed by atoms with E-state index in [1.807, 2.05) is 6.20 Å². The van der Waals surface area contributed by atoms with Crippen molar-refractivity contribution in [1.29, 1.82) is 0 Å². The van der Waals surface area contributed by atoms with Crippen molar-refractivity contribution >= 4 is 50.3 Å². The standard InChI is InChI=1S/C28H23N7/c1-3-18-9-5-7-11-20(18)35(21-12-8-6-10-19(21)4-2)22-17-33-27-25-23(29-13-14-31-25)24-26(28(27)34-22)32-16-15-30-24/h5-17H,3-4H2,1-2H3. The summed E-state index contributed by atoms with van der Waals surface area (Å²) in [5.74, 6) is 0.717. The molecule has 0 aliphatic carbocycles. The van der Waals surface area contributed by atoms with Crippen molar-refractivity contribution in [3.05, 3.63) is 90.6 Å². The highest BCUT2D eigenvalue weighted by Gasteiger charge is 2.21. The summed E-state index contributed by atoms with van der Waals surface area (Å²) in [6.45, 7) is 4.34. The number of para-hydroxylation sites is 2. The molecule has 0 unspecified atom stereocenters. The minimum absolute atomic E-state index is 0.659. The number of nitrogens with zero attached hydrogens (tertiary/aromatic N) is 7. The van der Waals surface area contributed by atoms with Gasteiger partial charge < -0.3 is 0 Å². The van der Waals surface area contributed by atoms with Crippen LogP contribution < -0.4 is 4.90 Å². The van der Waals surface area contributed by atoms with Crippen LogP contribution in [0.1, 0.15) is 25.0 Å². The average Bonchev–Trinajstić information content (AvgIpc) is 2.94. The van der Waals surface area contributed by atoms with Crippen LogP contribution in [-0.4, -0.2) is 29.9 Å². The third kappa shape index (κ3) is 3.44. The van der Waals surface area contributed by atoms with Gasteiger partial charge in [-0.1, -0.05) is 50.2 Å². The molecule has 0 radical (unpaired) electrons. The molecule has 3 aromatic heterocycles. The summed E-state index contributed by atoms with van der Waals surface area (Å²) in [5.41, 5.74) is 8.63. The van der Waals surface area contributed by atoms with Gasteiger partial charge in [-0.05, 0) is 36.1 Å². The lowest BCUT2D eigenvalue weighted by Gasteiger charge is -2.28. The van der Waals surface area contributed by atoms with Gasteiger partial charge in [-0.2, -0.15) is 0 Å². The fraction of sp³-hybridized carbons (Fsp3) is 0.143. The van der Waals surface area contributed by atoms with Gasteiger partial charge in [-0.25, -0.2) is 9.97 Å². The van der Waals surface area contributed by atoms with E-state index in [4.69, 9.17) is 9.97 Å². The maximum absolute atomic E-state index is 5.15. The number of anilines is 3. The highest BCUT2D eigenvalue weighted by atomic mass is 15.2. The van der Waals surface area contributed by atoms with Gasteiger partial charge in [-0.15, -0.1) is 0 Å². The predicted molar refractivity (Wildman–Crippen MR) is 139 cm³/mol. The van der Waals surface area contributed by atoms with Crippen molar-refractivity contribution in [2.45, 2.75) is 26.7 Å². The number of aromatic nitrogens is 6. The summed E-state index contributed by atoms with van der Waals surface area (Å²) in [4.78, 5) is 30.5. The lowest BCUT2D eigenvalue weighted by atomic mass is 10.1. The van der Waals surface area contributed by atoms with E-state index in [1.165, 1.54) is 11.1 Å². The molecule has 0 atom stereocenters. The van der Waals surface area contributed by atoms with Crippen molar-refractivity contribution in [2.24, 2.45) is 0 Å². The summed E-state index contributed by atoms with van der Waals surface area (Å²) in [5, 5.41) is 0. The first-order chi connectivity index (χ1) is 17.3. The Labute approximate surface area is 202 Å². The molecule has 0 bridgehead atoms. The maximum Gasteiger partial charge on any atom is 0.156 e. The second-order valence-electron chi connectivity index (χ2n) is 8.23. The Hall–Kier alpha value is -4.52. The first-order valence-corrected chi connectivity index (χ1v) is 11.8. The normalized spacial score (nSPS) is 11.4. The largest absolute Gasteiger partial charge is 0.293 e. The minimum Gasteiger partial charge on any atom is -0.293 e. The quantitative estimate of drug-likeness (QED) is 0.289. The molecular formula is C28H23N7. The Morgan fingerprint density at radius 1 is 0.543 bits per heavy atom. The molecule has 0 fully saturated rings. The molecule has 0 spiro atoms. The second kappa shape index (κ2) is 8.68. The van der Waals surface area contributed by atoms with Gasteiger partial charge in [-0.3, -0.25) is 24.8 Å². The number of aryl methyl sites for hydroxylation is 2. The van der Waals surface area contributed by atoms with E-state index in [0.717, 1.165) is 30.0 Å². The molecule has 170 valence electrons. The van der Waals surface area contributed by atoms with Crippen LogP contribution in [0.25, 0.3) is 33.1 Å². The Bertz CT molecular complexity index is 1610. The minimum atomic E-state index is 0.659. The molecule has 7 heteroatoms. The van der Waals surface area contributed by atoms with Crippen LogP contribution in [0.15, 0.2) is 79.5 Å². The Balaban J connectivity index is 1.70. The van der Waals surface area contributed by atoms with Crippen molar-refractivity contribution in [3.8, 4) is 0 Å². The SMILES string of the molecule is CCc1ccccc1N(c1cnc2c3nccnc3c3nccnc3c2n1)c1ccccc1CC. The Morgan fingerprint density at radius 3 is 1.46 bits per heavy atom. The van der Waals surface area contributed by atoms with Gasteiger partial charge in [0.1, 0.15) is 33.1 Å². The van der Waals surface area contributed by atoms with Crippen LogP contribution >= 0.6 is 0 Å². The summed E-state index contributed by atoms with van der Waals surface area (Å²) in [6, 6.07) is 16.9. The molecule has 0 aliphatic rings. The highest BCUT2D eigenvalue weighted by molar-refractivity contribution is 6.17.